The van der Waals surface area contributed by atoms with Gasteiger partial charge in [0.2, 0.25) is 0 Å². The zero-order valence-electron chi connectivity index (χ0n) is 10.3. The molecule has 0 aliphatic carbocycles. The van der Waals surface area contributed by atoms with E-state index in [1.165, 1.54) is 0 Å². The number of aliphatic hydroxyl groups is 1. The lowest BCUT2D eigenvalue weighted by atomic mass is 9.94. The first-order valence-corrected chi connectivity index (χ1v) is 6.33. The first-order valence-electron chi connectivity index (χ1n) is 5.96. The molecule has 0 saturated carbocycles. The first-order chi connectivity index (χ1) is 8.39. The molecule has 1 aromatic rings. The number of nitrogens with zero attached hydrogens (tertiary/aromatic N) is 1. The van der Waals surface area contributed by atoms with Crippen LogP contribution in [0.3, 0.4) is 0 Å². The van der Waals surface area contributed by atoms with Gasteiger partial charge < -0.3 is 15.7 Å². The molecule has 0 radical (unpaired) electrons. The molecule has 4 nitrogen and oxygen atoms in total. The average Bonchev–Trinajstić information content (AvgIpc) is 2.27. The summed E-state index contributed by atoms with van der Waals surface area (Å²) in [6, 6.07) is 4.85. The fraction of sp³-hybridized carbons (Fsp3) is 0.462. The lowest BCUT2D eigenvalue weighted by Crippen LogP contribution is -2.48. The fourth-order valence-electron chi connectivity index (χ4n) is 2.27. The van der Waals surface area contributed by atoms with Crippen LogP contribution in [0.15, 0.2) is 18.2 Å². The van der Waals surface area contributed by atoms with Gasteiger partial charge in [-0.05, 0) is 38.0 Å². The van der Waals surface area contributed by atoms with Crippen molar-refractivity contribution in [3.05, 3.63) is 28.8 Å². The summed E-state index contributed by atoms with van der Waals surface area (Å²) in [5.41, 5.74) is 5.75. The van der Waals surface area contributed by atoms with Crippen molar-refractivity contribution in [2.75, 3.05) is 18.8 Å². The molecular weight excluding hydrogens is 252 g/mol. The van der Waals surface area contributed by atoms with Gasteiger partial charge in [0.1, 0.15) is 0 Å². The summed E-state index contributed by atoms with van der Waals surface area (Å²) in [4.78, 5) is 13.9. The quantitative estimate of drug-likeness (QED) is 0.765. The second kappa shape index (κ2) is 4.78. The average molecular weight is 269 g/mol. The predicted molar refractivity (Wildman–Crippen MR) is 71.6 cm³/mol. The van der Waals surface area contributed by atoms with Gasteiger partial charge in [0, 0.05) is 18.8 Å². The Morgan fingerprint density at radius 3 is 2.89 bits per heavy atom. The smallest absolute Gasteiger partial charge is 0.255 e. The van der Waals surface area contributed by atoms with Gasteiger partial charge in [-0.2, -0.15) is 0 Å². The normalized spacial score (nSPS) is 24.1. The summed E-state index contributed by atoms with van der Waals surface area (Å²) < 4.78 is 0. The third-order valence-corrected chi connectivity index (χ3v) is 3.50. The number of piperidine rings is 1. The van der Waals surface area contributed by atoms with Gasteiger partial charge in [0.15, 0.2) is 0 Å². The van der Waals surface area contributed by atoms with Crippen LogP contribution in [0.2, 0.25) is 5.02 Å². The van der Waals surface area contributed by atoms with Gasteiger partial charge in [-0.15, -0.1) is 0 Å². The minimum absolute atomic E-state index is 0.153. The Bertz CT molecular complexity index is 474. The highest BCUT2D eigenvalue weighted by molar-refractivity contribution is 6.34. The number of nitrogens with two attached hydrogens (primary N) is 1. The molecule has 1 fully saturated rings. The van der Waals surface area contributed by atoms with Crippen LogP contribution in [0.25, 0.3) is 0 Å². The van der Waals surface area contributed by atoms with Crippen LogP contribution >= 0.6 is 11.6 Å². The van der Waals surface area contributed by atoms with E-state index in [0.717, 1.165) is 6.42 Å². The van der Waals surface area contributed by atoms with Gasteiger partial charge >= 0.3 is 0 Å². The van der Waals surface area contributed by atoms with Crippen LogP contribution in [0.5, 0.6) is 0 Å². The summed E-state index contributed by atoms with van der Waals surface area (Å²) >= 11 is 6.02. The molecule has 18 heavy (non-hydrogen) atoms. The SMILES string of the molecule is CC1(O)CCCN(C(=O)c2ccc(N)cc2Cl)C1. The van der Waals surface area contributed by atoms with Gasteiger partial charge in [-0.25, -0.2) is 0 Å². The van der Waals surface area contributed by atoms with Crippen LogP contribution in [-0.4, -0.2) is 34.6 Å². The van der Waals surface area contributed by atoms with Gasteiger partial charge in [-0.3, -0.25) is 4.79 Å². The minimum atomic E-state index is -0.811. The number of β-amino-alcohol motifs (C(OH)–C–C–N with tert-alkyl or cyclic N) is 1. The second-order valence-electron chi connectivity index (χ2n) is 5.07. The minimum Gasteiger partial charge on any atom is -0.399 e. The van der Waals surface area contributed by atoms with Crippen LogP contribution in [-0.2, 0) is 0 Å². The Hall–Kier alpha value is -1.26. The van der Waals surface area contributed by atoms with E-state index in [2.05, 4.69) is 0 Å². The number of carbonyl (C=O) groups excluding carboxylic acids is 1. The molecule has 1 atom stereocenters. The first kappa shape index (κ1) is 13.2. The van der Waals surface area contributed by atoms with Crippen molar-refractivity contribution in [1.82, 2.24) is 4.90 Å². The van der Waals surface area contributed by atoms with Gasteiger partial charge in [0.05, 0.1) is 16.2 Å². The molecular formula is C13H17ClN2O2. The lowest BCUT2D eigenvalue weighted by molar-refractivity contribution is -0.0107. The maximum Gasteiger partial charge on any atom is 0.255 e. The molecule has 1 aromatic carbocycles. The van der Waals surface area contributed by atoms with Crippen LogP contribution in [0.4, 0.5) is 5.69 Å². The molecule has 1 aliphatic rings. The number of anilines is 1. The summed E-state index contributed by atoms with van der Waals surface area (Å²) in [6.07, 6.45) is 1.51. The van der Waals surface area contributed by atoms with E-state index >= 15 is 0 Å². The highest BCUT2D eigenvalue weighted by Crippen LogP contribution is 2.25. The number of carbonyl (C=O) groups is 1. The third kappa shape index (κ3) is 2.76. The lowest BCUT2D eigenvalue weighted by Gasteiger charge is -2.37. The zero-order valence-corrected chi connectivity index (χ0v) is 11.1. The Morgan fingerprint density at radius 1 is 1.56 bits per heavy atom. The standard InChI is InChI=1S/C13H17ClN2O2/c1-13(18)5-2-6-16(8-13)12(17)10-4-3-9(15)7-11(10)14/h3-4,7,18H,2,5-6,8,15H2,1H3. The number of nitrogen functional groups attached to an aromatic ring is 1. The zero-order chi connectivity index (χ0) is 13.3. The molecule has 98 valence electrons. The van der Waals surface area contributed by atoms with E-state index in [0.29, 0.717) is 35.8 Å². The summed E-state index contributed by atoms with van der Waals surface area (Å²) in [7, 11) is 0. The van der Waals surface area contributed by atoms with Crippen molar-refractivity contribution in [1.29, 1.82) is 0 Å². The molecule has 1 aliphatic heterocycles. The van der Waals surface area contributed by atoms with Gasteiger partial charge in [-0.1, -0.05) is 11.6 Å². The Labute approximate surface area is 111 Å². The van der Waals surface area contributed by atoms with Gasteiger partial charge in [0.25, 0.3) is 5.91 Å². The second-order valence-corrected chi connectivity index (χ2v) is 5.47. The number of hydrogen-bond acceptors (Lipinski definition) is 3. The molecule has 0 aromatic heterocycles. The Balaban J connectivity index is 2.20. The maximum absolute atomic E-state index is 12.3. The van der Waals surface area contributed by atoms with Crippen LogP contribution in [0.1, 0.15) is 30.1 Å². The molecule has 1 heterocycles. The molecule has 2 rings (SSSR count). The van der Waals surface area contributed by atoms with E-state index in [1.807, 2.05) is 0 Å². The molecule has 5 heteroatoms. The summed E-state index contributed by atoms with van der Waals surface area (Å²) in [5.74, 6) is -0.153. The monoisotopic (exact) mass is 268 g/mol. The van der Waals surface area contributed by atoms with Crippen molar-refractivity contribution in [2.45, 2.75) is 25.4 Å². The van der Waals surface area contributed by atoms with E-state index in [1.54, 1.807) is 30.0 Å². The van der Waals surface area contributed by atoms with Crippen molar-refractivity contribution in [3.63, 3.8) is 0 Å². The fourth-order valence-corrected chi connectivity index (χ4v) is 2.54. The number of amides is 1. The van der Waals surface area contributed by atoms with Crippen molar-refractivity contribution in [3.8, 4) is 0 Å². The third-order valence-electron chi connectivity index (χ3n) is 3.19. The molecule has 1 saturated heterocycles. The number of halogens is 1. The van der Waals surface area contributed by atoms with Crippen molar-refractivity contribution >= 4 is 23.2 Å². The maximum atomic E-state index is 12.3. The van der Waals surface area contributed by atoms with E-state index in [9.17, 15) is 9.90 Å². The van der Waals surface area contributed by atoms with E-state index < -0.39 is 5.60 Å². The molecule has 1 amide bonds. The van der Waals surface area contributed by atoms with Crippen molar-refractivity contribution in [2.24, 2.45) is 0 Å². The number of rotatable bonds is 1. The molecule has 3 N–H and O–H groups in total. The highest BCUT2D eigenvalue weighted by atomic mass is 35.5. The topological polar surface area (TPSA) is 66.6 Å². The van der Waals surface area contributed by atoms with Crippen LogP contribution < -0.4 is 5.73 Å². The molecule has 0 bridgehead atoms. The molecule has 0 spiro atoms. The van der Waals surface area contributed by atoms with Crippen molar-refractivity contribution < 1.29 is 9.90 Å². The Morgan fingerprint density at radius 2 is 2.28 bits per heavy atom. The largest absolute Gasteiger partial charge is 0.399 e. The number of hydrogen-bond donors (Lipinski definition) is 2. The van der Waals surface area contributed by atoms with E-state index in [-0.39, 0.29) is 5.91 Å². The Kier molecular flexibility index (Phi) is 3.50. The van der Waals surface area contributed by atoms with Crippen LogP contribution in [0, 0.1) is 0 Å². The summed E-state index contributed by atoms with van der Waals surface area (Å²) in [5, 5.41) is 10.4. The highest BCUT2D eigenvalue weighted by Gasteiger charge is 2.31. The number of likely N-dealkylation sites (tertiary alicyclic amines) is 1. The summed E-state index contributed by atoms with van der Waals surface area (Å²) in [6.45, 7) is 2.74. The molecule has 1 unspecified atom stereocenters. The van der Waals surface area contributed by atoms with E-state index in [4.69, 9.17) is 17.3 Å². The number of benzene rings is 1. The predicted octanol–water partition coefficient (Wildman–Crippen LogP) is 1.91.